The molecule has 0 N–H and O–H groups in total. The standard InChI is InChI=1S/C22H21FOSi/c1-22(2,3)25(17-9-5-4-6-10-17)20-12-8-7-11-18(20)24-19-15-16(23)13-14-21(19)25/h4-15H,1-3H3. The van der Waals surface area contributed by atoms with Crippen LogP contribution >= 0.6 is 0 Å². The number of fused-ring (bicyclic) bond motifs is 2. The smallest absolute Gasteiger partial charge is 0.163 e. The molecule has 25 heavy (non-hydrogen) atoms. The topological polar surface area (TPSA) is 9.23 Å². The van der Waals surface area contributed by atoms with Crippen LogP contribution in [0.25, 0.3) is 0 Å². The molecule has 0 bridgehead atoms. The number of halogens is 1. The Morgan fingerprint density at radius 1 is 0.760 bits per heavy atom. The van der Waals surface area contributed by atoms with Crippen LogP contribution in [0.5, 0.6) is 11.5 Å². The van der Waals surface area contributed by atoms with Crippen molar-refractivity contribution >= 4 is 23.6 Å². The van der Waals surface area contributed by atoms with Gasteiger partial charge in [-0.05, 0) is 32.7 Å². The van der Waals surface area contributed by atoms with E-state index in [0.29, 0.717) is 5.75 Å². The summed E-state index contributed by atoms with van der Waals surface area (Å²) < 4.78 is 20.1. The number of hydrogen-bond donors (Lipinski definition) is 0. The second kappa shape index (κ2) is 5.56. The highest BCUT2D eigenvalue weighted by Crippen LogP contribution is 2.42. The van der Waals surface area contributed by atoms with E-state index in [1.54, 1.807) is 6.07 Å². The Kier molecular flexibility index (Phi) is 3.58. The third kappa shape index (κ3) is 2.26. The molecule has 0 saturated heterocycles. The Labute approximate surface area is 149 Å². The van der Waals surface area contributed by atoms with E-state index in [0.717, 1.165) is 10.9 Å². The summed E-state index contributed by atoms with van der Waals surface area (Å²) in [5, 5.41) is 3.71. The van der Waals surface area contributed by atoms with Crippen LogP contribution in [0, 0.1) is 5.82 Å². The molecule has 1 aliphatic rings. The van der Waals surface area contributed by atoms with Crippen molar-refractivity contribution in [2.45, 2.75) is 25.8 Å². The van der Waals surface area contributed by atoms with Crippen molar-refractivity contribution in [2.75, 3.05) is 0 Å². The summed E-state index contributed by atoms with van der Waals surface area (Å²) in [6.07, 6.45) is 0. The van der Waals surface area contributed by atoms with Gasteiger partial charge in [-0.2, -0.15) is 0 Å². The van der Waals surface area contributed by atoms with Crippen molar-refractivity contribution in [3.05, 3.63) is 78.6 Å². The lowest BCUT2D eigenvalue weighted by atomic mass is 10.2. The summed E-state index contributed by atoms with van der Waals surface area (Å²) in [4.78, 5) is 0. The first-order chi connectivity index (χ1) is 11.9. The van der Waals surface area contributed by atoms with Gasteiger partial charge in [0.25, 0.3) is 0 Å². The first-order valence-electron chi connectivity index (χ1n) is 8.57. The Morgan fingerprint density at radius 3 is 2.12 bits per heavy atom. The van der Waals surface area contributed by atoms with Crippen LogP contribution in [0.3, 0.4) is 0 Å². The van der Waals surface area contributed by atoms with Crippen molar-refractivity contribution in [3.63, 3.8) is 0 Å². The average molecular weight is 348 g/mol. The molecule has 126 valence electrons. The summed E-state index contributed by atoms with van der Waals surface area (Å²) in [5.74, 6) is 1.25. The van der Waals surface area contributed by atoms with Crippen LogP contribution in [0.15, 0.2) is 72.8 Å². The number of para-hydroxylation sites is 1. The summed E-state index contributed by atoms with van der Waals surface area (Å²) >= 11 is 0. The molecule has 0 amide bonds. The lowest BCUT2D eigenvalue weighted by Crippen LogP contribution is -2.73. The number of hydrogen-bond acceptors (Lipinski definition) is 1. The summed E-state index contributed by atoms with van der Waals surface area (Å²) in [6, 6.07) is 23.9. The highest BCUT2D eigenvalue weighted by atomic mass is 28.3. The Morgan fingerprint density at radius 2 is 1.40 bits per heavy atom. The van der Waals surface area contributed by atoms with Gasteiger partial charge < -0.3 is 4.74 Å². The minimum absolute atomic E-state index is 0.0131. The number of ether oxygens (including phenoxy) is 1. The van der Waals surface area contributed by atoms with Gasteiger partial charge in [0.1, 0.15) is 17.3 Å². The third-order valence-electron chi connectivity index (χ3n) is 5.19. The van der Waals surface area contributed by atoms with E-state index in [9.17, 15) is 4.39 Å². The normalized spacial score (nSPS) is 18.9. The zero-order valence-corrected chi connectivity index (χ0v) is 15.7. The number of benzene rings is 3. The molecule has 1 nitrogen and oxygen atoms in total. The number of rotatable bonds is 1. The van der Waals surface area contributed by atoms with Gasteiger partial charge in [0.05, 0.1) is 0 Å². The molecule has 1 heterocycles. The van der Waals surface area contributed by atoms with Crippen molar-refractivity contribution in [1.82, 2.24) is 0 Å². The molecular formula is C22H21FOSi. The fraction of sp³-hybridized carbons (Fsp3) is 0.182. The van der Waals surface area contributed by atoms with E-state index in [1.807, 2.05) is 24.3 Å². The van der Waals surface area contributed by atoms with Crippen LogP contribution in [-0.4, -0.2) is 8.07 Å². The fourth-order valence-corrected chi connectivity index (χ4v) is 10.0. The van der Waals surface area contributed by atoms with Gasteiger partial charge in [-0.15, -0.1) is 0 Å². The van der Waals surface area contributed by atoms with Crippen LogP contribution in [-0.2, 0) is 0 Å². The minimum atomic E-state index is -2.42. The molecule has 1 unspecified atom stereocenters. The van der Waals surface area contributed by atoms with E-state index in [1.165, 1.54) is 16.4 Å². The maximum absolute atomic E-state index is 14.0. The van der Waals surface area contributed by atoms with E-state index >= 15 is 0 Å². The van der Waals surface area contributed by atoms with Gasteiger partial charge in [-0.3, -0.25) is 0 Å². The maximum atomic E-state index is 14.0. The van der Waals surface area contributed by atoms with Gasteiger partial charge in [0, 0.05) is 6.07 Å². The molecule has 0 spiro atoms. The van der Waals surface area contributed by atoms with Gasteiger partial charge in [-0.25, -0.2) is 4.39 Å². The molecule has 1 atom stereocenters. The van der Waals surface area contributed by atoms with Gasteiger partial charge in [0.15, 0.2) is 8.07 Å². The zero-order valence-electron chi connectivity index (χ0n) is 14.7. The zero-order chi connectivity index (χ0) is 17.7. The molecule has 3 heteroatoms. The largest absolute Gasteiger partial charge is 0.457 e. The van der Waals surface area contributed by atoms with Crippen LogP contribution < -0.4 is 20.3 Å². The van der Waals surface area contributed by atoms with E-state index in [4.69, 9.17) is 4.74 Å². The highest BCUT2D eigenvalue weighted by molar-refractivity contribution is 7.14. The summed E-state index contributed by atoms with van der Waals surface area (Å²) in [5.41, 5.74) is 0. The van der Waals surface area contributed by atoms with E-state index < -0.39 is 8.07 Å². The van der Waals surface area contributed by atoms with Crippen molar-refractivity contribution in [2.24, 2.45) is 0 Å². The molecule has 0 aromatic heterocycles. The van der Waals surface area contributed by atoms with E-state index in [2.05, 4.69) is 57.2 Å². The van der Waals surface area contributed by atoms with Gasteiger partial charge >= 0.3 is 0 Å². The first kappa shape index (κ1) is 16.1. The molecule has 0 aliphatic carbocycles. The third-order valence-corrected chi connectivity index (χ3v) is 11.1. The monoisotopic (exact) mass is 348 g/mol. The van der Waals surface area contributed by atoms with Crippen LogP contribution in [0.2, 0.25) is 5.04 Å². The summed E-state index contributed by atoms with van der Waals surface area (Å²) in [6.45, 7) is 6.88. The molecular weight excluding hydrogens is 327 g/mol. The van der Waals surface area contributed by atoms with Crippen molar-refractivity contribution in [1.29, 1.82) is 0 Å². The predicted octanol–water partition coefficient (Wildman–Crippen LogP) is 4.20. The minimum Gasteiger partial charge on any atom is -0.457 e. The second-order valence-electron chi connectivity index (χ2n) is 7.60. The maximum Gasteiger partial charge on any atom is 0.163 e. The van der Waals surface area contributed by atoms with Gasteiger partial charge in [0.2, 0.25) is 0 Å². The van der Waals surface area contributed by atoms with Crippen molar-refractivity contribution < 1.29 is 9.13 Å². The molecule has 0 saturated carbocycles. The average Bonchev–Trinajstić information content (AvgIpc) is 2.59. The highest BCUT2D eigenvalue weighted by Gasteiger charge is 2.54. The quantitative estimate of drug-likeness (QED) is 0.599. The lowest BCUT2D eigenvalue weighted by Gasteiger charge is -2.47. The second-order valence-corrected chi connectivity index (χ2v) is 12.3. The van der Waals surface area contributed by atoms with Crippen LogP contribution in [0.4, 0.5) is 4.39 Å². The Balaban J connectivity index is 2.17. The lowest BCUT2D eigenvalue weighted by molar-refractivity contribution is 0.479. The summed E-state index contributed by atoms with van der Waals surface area (Å²) in [7, 11) is -2.42. The van der Waals surface area contributed by atoms with Crippen LogP contribution in [0.1, 0.15) is 20.8 Å². The molecule has 4 rings (SSSR count). The SMILES string of the molecule is CC(C)(C)[Si]1(c2ccccc2)c2ccccc2Oc2cc(F)ccc21. The first-order valence-corrected chi connectivity index (χ1v) is 10.6. The molecule has 0 radical (unpaired) electrons. The van der Waals surface area contributed by atoms with Crippen molar-refractivity contribution in [3.8, 4) is 11.5 Å². The Hall–Kier alpha value is -2.39. The fourth-order valence-electron chi connectivity index (χ4n) is 4.26. The molecule has 3 aromatic carbocycles. The Bertz CT molecular complexity index is 930. The van der Waals surface area contributed by atoms with Gasteiger partial charge in [-0.1, -0.05) is 75.4 Å². The molecule has 3 aromatic rings. The van der Waals surface area contributed by atoms with E-state index in [-0.39, 0.29) is 10.9 Å². The molecule has 0 fully saturated rings. The predicted molar refractivity (Wildman–Crippen MR) is 104 cm³/mol. The molecule has 1 aliphatic heterocycles.